The van der Waals surface area contributed by atoms with Crippen LogP contribution in [0.3, 0.4) is 0 Å². The van der Waals surface area contributed by atoms with Crippen molar-refractivity contribution in [3.05, 3.63) is 105 Å². The molecule has 35 heavy (non-hydrogen) atoms. The van der Waals surface area contributed by atoms with Crippen molar-refractivity contribution in [1.82, 2.24) is 9.88 Å². The third kappa shape index (κ3) is 4.08. The van der Waals surface area contributed by atoms with Gasteiger partial charge in [0.05, 0.1) is 24.6 Å². The lowest BCUT2D eigenvalue weighted by Gasteiger charge is -2.34. The summed E-state index contributed by atoms with van der Waals surface area (Å²) in [5.74, 6) is -4.06. The summed E-state index contributed by atoms with van der Waals surface area (Å²) >= 11 is 0. The zero-order valence-corrected chi connectivity index (χ0v) is 18.4. The minimum absolute atomic E-state index is 0.00448. The van der Waals surface area contributed by atoms with Crippen LogP contribution in [-0.4, -0.2) is 29.4 Å². The Morgan fingerprint density at radius 1 is 0.943 bits per heavy atom. The first-order valence-electron chi connectivity index (χ1n) is 10.7. The average molecular weight is 482 g/mol. The van der Waals surface area contributed by atoms with E-state index >= 15 is 0 Å². The Bertz CT molecular complexity index is 1550. The maximum Gasteiger partial charge on any atom is 0.256 e. The Kier molecular flexibility index (Phi) is 5.64. The molecule has 1 aliphatic rings. The largest absolute Gasteiger partial charge is 0.373 e. The molecule has 0 fully saturated rings. The number of aromatic amines is 1. The fourth-order valence-corrected chi connectivity index (χ4v) is 4.44. The highest BCUT2D eigenvalue weighted by atomic mass is 19.2. The van der Waals surface area contributed by atoms with Crippen molar-refractivity contribution in [2.24, 2.45) is 0 Å². The predicted octanol–water partition coefficient (Wildman–Crippen LogP) is 5.10. The standard InChI is InChI=1S/C26H18F4N2O3/c1-32(26(34)15-5-14(7-17(28)8-15)13-3-2-4-16(27)6-13)23-12-35-11-22-24(23)18-9-20(29)21(30)10-19(18)25(33)31-22/h2-10,23H,11-12H2,1H3,(H,31,33). The highest BCUT2D eigenvalue weighted by Crippen LogP contribution is 2.34. The van der Waals surface area contributed by atoms with Gasteiger partial charge >= 0.3 is 0 Å². The SMILES string of the molecule is CN(C(=O)c1cc(F)cc(-c2cccc(F)c2)c1)C1COCc2[nH]c(=O)c3cc(F)c(F)cc3c21. The highest BCUT2D eigenvalue weighted by Gasteiger charge is 2.31. The monoisotopic (exact) mass is 482 g/mol. The zero-order chi connectivity index (χ0) is 24.9. The number of nitrogens with zero attached hydrogens (tertiary/aromatic N) is 1. The van der Waals surface area contributed by atoms with Crippen LogP contribution in [0.5, 0.6) is 0 Å². The number of nitrogens with one attached hydrogen (secondary N) is 1. The molecule has 1 atom stereocenters. The van der Waals surface area contributed by atoms with Gasteiger partial charge in [0.2, 0.25) is 0 Å². The van der Waals surface area contributed by atoms with Gasteiger partial charge in [-0.1, -0.05) is 12.1 Å². The number of hydrogen-bond donors (Lipinski definition) is 1. The molecule has 0 saturated carbocycles. The molecule has 2 heterocycles. The molecule has 5 rings (SSSR count). The third-order valence-electron chi connectivity index (χ3n) is 6.13. The maximum atomic E-state index is 14.4. The molecule has 4 aromatic rings. The van der Waals surface area contributed by atoms with E-state index in [0.29, 0.717) is 22.4 Å². The van der Waals surface area contributed by atoms with E-state index in [1.165, 1.54) is 42.3 Å². The van der Waals surface area contributed by atoms with Crippen LogP contribution in [-0.2, 0) is 11.3 Å². The molecule has 3 aromatic carbocycles. The Labute approximate surface area is 196 Å². The number of hydrogen-bond acceptors (Lipinski definition) is 3. The van der Waals surface area contributed by atoms with E-state index < -0.39 is 40.8 Å². The second kappa shape index (κ2) is 8.66. The summed E-state index contributed by atoms with van der Waals surface area (Å²) in [6.07, 6.45) is 0. The molecule has 0 bridgehead atoms. The number of carbonyl (C=O) groups excluding carboxylic acids is 1. The Morgan fingerprint density at radius 3 is 2.40 bits per heavy atom. The zero-order valence-electron chi connectivity index (χ0n) is 18.4. The lowest BCUT2D eigenvalue weighted by Crippen LogP contribution is -2.37. The average Bonchev–Trinajstić information content (AvgIpc) is 2.83. The van der Waals surface area contributed by atoms with Gasteiger partial charge < -0.3 is 14.6 Å². The van der Waals surface area contributed by atoms with Gasteiger partial charge in [0, 0.05) is 23.9 Å². The van der Waals surface area contributed by atoms with Gasteiger partial charge in [-0.3, -0.25) is 9.59 Å². The van der Waals surface area contributed by atoms with Crippen LogP contribution < -0.4 is 5.56 Å². The fraction of sp³-hybridized carbons (Fsp3) is 0.154. The first kappa shape index (κ1) is 22.8. The molecule has 1 amide bonds. The van der Waals surface area contributed by atoms with Crippen molar-refractivity contribution in [2.45, 2.75) is 12.6 Å². The minimum Gasteiger partial charge on any atom is -0.373 e. The first-order valence-corrected chi connectivity index (χ1v) is 10.7. The van der Waals surface area contributed by atoms with E-state index in [4.69, 9.17) is 4.74 Å². The van der Waals surface area contributed by atoms with Crippen molar-refractivity contribution in [1.29, 1.82) is 0 Å². The number of halogens is 4. The van der Waals surface area contributed by atoms with Crippen LogP contribution in [0.4, 0.5) is 17.6 Å². The third-order valence-corrected chi connectivity index (χ3v) is 6.13. The number of aromatic nitrogens is 1. The maximum absolute atomic E-state index is 14.4. The van der Waals surface area contributed by atoms with Crippen LogP contribution in [0, 0.1) is 23.3 Å². The molecule has 178 valence electrons. The molecule has 0 radical (unpaired) electrons. The summed E-state index contributed by atoms with van der Waals surface area (Å²) in [7, 11) is 1.47. The van der Waals surface area contributed by atoms with Gasteiger partial charge in [-0.05, 0) is 59.0 Å². The Balaban J connectivity index is 1.58. The molecule has 1 aliphatic heterocycles. The van der Waals surface area contributed by atoms with Crippen LogP contribution in [0.25, 0.3) is 21.9 Å². The topological polar surface area (TPSA) is 62.4 Å². The summed E-state index contributed by atoms with van der Waals surface area (Å²) in [5.41, 5.74) is 0.861. The van der Waals surface area contributed by atoms with E-state index in [2.05, 4.69) is 4.98 Å². The van der Waals surface area contributed by atoms with E-state index in [9.17, 15) is 27.2 Å². The van der Waals surface area contributed by atoms with Gasteiger partial charge in [-0.25, -0.2) is 17.6 Å². The highest BCUT2D eigenvalue weighted by molar-refractivity contribution is 5.96. The summed E-state index contributed by atoms with van der Waals surface area (Å²) in [6.45, 7) is 0.0309. The van der Waals surface area contributed by atoms with Crippen molar-refractivity contribution >= 4 is 16.7 Å². The summed E-state index contributed by atoms with van der Waals surface area (Å²) in [6, 6.07) is 10.2. The second-order valence-corrected chi connectivity index (χ2v) is 8.34. The Hall–Kier alpha value is -3.98. The van der Waals surface area contributed by atoms with Gasteiger partial charge in [0.25, 0.3) is 11.5 Å². The molecule has 9 heteroatoms. The van der Waals surface area contributed by atoms with E-state index in [1.54, 1.807) is 6.07 Å². The van der Waals surface area contributed by atoms with Crippen molar-refractivity contribution < 1.29 is 27.1 Å². The lowest BCUT2D eigenvalue weighted by molar-refractivity contribution is 0.0335. The molecule has 5 nitrogen and oxygen atoms in total. The molecule has 1 aromatic heterocycles. The molecule has 1 unspecified atom stereocenters. The van der Waals surface area contributed by atoms with Crippen LogP contribution in [0.1, 0.15) is 27.7 Å². The van der Waals surface area contributed by atoms with E-state index in [1.807, 2.05) is 0 Å². The van der Waals surface area contributed by atoms with Crippen LogP contribution >= 0.6 is 0 Å². The molecule has 0 spiro atoms. The Morgan fingerprint density at radius 2 is 1.66 bits per heavy atom. The number of H-pyrrole nitrogens is 1. The lowest BCUT2D eigenvalue weighted by atomic mass is 9.94. The van der Waals surface area contributed by atoms with Crippen LogP contribution in [0.15, 0.2) is 59.4 Å². The van der Waals surface area contributed by atoms with Gasteiger partial charge in [-0.2, -0.15) is 0 Å². The fourth-order valence-electron chi connectivity index (χ4n) is 4.44. The van der Waals surface area contributed by atoms with Gasteiger partial charge in [-0.15, -0.1) is 0 Å². The second-order valence-electron chi connectivity index (χ2n) is 8.34. The predicted molar refractivity (Wildman–Crippen MR) is 121 cm³/mol. The van der Waals surface area contributed by atoms with Gasteiger partial charge in [0.15, 0.2) is 11.6 Å². The number of ether oxygens (including phenoxy) is 1. The number of fused-ring (bicyclic) bond motifs is 3. The molecule has 0 saturated heterocycles. The number of likely N-dealkylation sites (N-methyl/N-ethyl adjacent to an activating group) is 1. The number of benzene rings is 3. The van der Waals surface area contributed by atoms with Crippen molar-refractivity contribution in [3.63, 3.8) is 0 Å². The summed E-state index contributed by atoms with van der Waals surface area (Å²) in [4.78, 5) is 29.8. The summed E-state index contributed by atoms with van der Waals surface area (Å²) < 4.78 is 61.6. The first-order chi connectivity index (χ1) is 16.7. The number of pyridine rings is 1. The minimum atomic E-state index is -1.17. The smallest absolute Gasteiger partial charge is 0.256 e. The molecule has 1 N–H and O–H groups in total. The number of amides is 1. The summed E-state index contributed by atoms with van der Waals surface area (Å²) in [5, 5.41) is 0.102. The van der Waals surface area contributed by atoms with Crippen molar-refractivity contribution in [3.8, 4) is 11.1 Å². The van der Waals surface area contributed by atoms with E-state index in [-0.39, 0.29) is 29.5 Å². The number of rotatable bonds is 3. The van der Waals surface area contributed by atoms with Crippen molar-refractivity contribution in [2.75, 3.05) is 13.7 Å². The van der Waals surface area contributed by atoms with Crippen LogP contribution in [0.2, 0.25) is 0 Å². The van der Waals surface area contributed by atoms with Gasteiger partial charge in [0.1, 0.15) is 11.6 Å². The molecular weight excluding hydrogens is 464 g/mol. The number of carbonyl (C=O) groups is 1. The molecule has 0 aliphatic carbocycles. The normalized spacial score (nSPS) is 15.2. The van der Waals surface area contributed by atoms with E-state index in [0.717, 1.165) is 18.2 Å². The molecular formula is C26H18F4N2O3. The quantitative estimate of drug-likeness (QED) is 0.414.